The predicted molar refractivity (Wildman–Crippen MR) is 91.5 cm³/mol. The molecule has 0 unspecified atom stereocenters. The molecule has 0 aromatic heterocycles. The minimum Gasteiger partial charge on any atom is -0.480 e. The fourth-order valence-corrected chi connectivity index (χ4v) is 2.45. The van der Waals surface area contributed by atoms with Crippen molar-refractivity contribution in [3.05, 3.63) is 35.9 Å². The van der Waals surface area contributed by atoms with E-state index >= 15 is 0 Å². The monoisotopic (exact) mass is 334 g/mol. The van der Waals surface area contributed by atoms with Crippen molar-refractivity contribution in [1.29, 1.82) is 0 Å². The van der Waals surface area contributed by atoms with Gasteiger partial charge in [0.1, 0.15) is 6.04 Å². The Labute approximate surface area is 142 Å². The first-order chi connectivity index (χ1) is 11.5. The second-order valence-electron chi connectivity index (χ2n) is 5.57. The highest BCUT2D eigenvalue weighted by molar-refractivity contribution is 5.84. The lowest BCUT2D eigenvalue weighted by Crippen LogP contribution is -2.42. The van der Waals surface area contributed by atoms with Crippen LogP contribution in [0.2, 0.25) is 0 Å². The van der Waals surface area contributed by atoms with Crippen LogP contribution in [0.4, 0.5) is 0 Å². The van der Waals surface area contributed by atoms with Crippen molar-refractivity contribution >= 4 is 17.8 Å². The third-order valence-electron chi connectivity index (χ3n) is 3.83. The van der Waals surface area contributed by atoms with Gasteiger partial charge in [0.15, 0.2) is 0 Å². The molecule has 0 aliphatic heterocycles. The summed E-state index contributed by atoms with van der Waals surface area (Å²) in [5.74, 6) is -1.39. The lowest BCUT2D eigenvalue weighted by Gasteiger charge is -2.18. The average molecular weight is 334 g/mol. The van der Waals surface area contributed by atoms with Gasteiger partial charge in [-0.05, 0) is 25.8 Å². The Morgan fingerprint density at radius 3 is 2.25 bits per heavy atom. The number of nitrogens with zero attached hydrogens (tertiary/aromatic N) is 1. The highest BCUT2D eigenvalue weighted by Gasteiger charge is 2.20. The number of hydrogen-bond donors (Lipinski definition) is 2. The molecule has 1 rings (SSSR count). The Bertz CT molecular complexity index is 541. The first kappa shape index (κ1) is 19.7. The van der Waals surface area contributed by atoms with E-state index in [1.165, 1.54) is 0 Å². The van der Waals surface area contributed by atoms with Crippen LogP contribution in [0, 0.1) is 0 Å². The normalized spacial score (nSPS) is 11.6. The zero-order valence-corrected chi connectivity index (χ0v) is 14.3. The zero-order valence-electron chi connectivity index (χ0n) is 14.3. The average Bonchev–Trinajstić information content (AvgIpc) is 2.56. The molecule has 6 heteroatoms. The second kappa shape index (κ2) is 10.4. The fraction of sp³-hybridized carbons (Fsp3) is 0.500. The number of aliphatic carboxylic acids is 1. The van der Waals surface area contributed by atoms with Crippen LogP contribution in [0.1, 0.15) is 38.7 Å². The minimum absolute atomic E-state index is 0.0203. The van der Waals surface area contributed by atoms with Crippen molar-refractivity contribution in [2.24, 2.45) is 0 Å². The van der Waals surface area contributed by atoms with E-state index in [2.05, 4.69) is 5.32 Å². The molecule has 0 saturated carbocycles. The smallest absolute Gasteiger partial charge is 0.326 e. The number of carboxylic acids is 1. The highest BCUT2D eigenvalue weighted by atomic mass is 16.4. The molecule has 1 atom stereocenters. The van der Waals surface area contributed by atoms with E-state index in [1.807, 2.05) is 44.2 Å². The summed E-state index contributed by atoms with van der Waals surface area (Å²) in [4.78, 5) is 36.8. The van der Waals surface area contributed by atoms with Gasteiger partial charge in [-0.3, -0.25) is 9.59 Å². The van der Waals surface area contributed by atoms with Crippen molar-refractivity contribution in [2.75, 3.05) is 13.1 Å². The number of carbonyl (C=O) groups excluding carboxylic acids is 2. The molecule has 24 heavy (non-hydrogen) atoms. The number of rotatable bonds is 10. The van der Waals surface area contributed by atoms with Gasteiger partial charge in [-0.2, -0.15) is 0 Å². The van der Waals surface area contributed by atoms with Crippen LogP contribution in [0.25, 0.3) is 0 Å². The van der Waals surface area contributed by atoms with Gasteiger partial charge in [-0.1, -0.05) is 30.3 Å². The third-order valence-corrected chi connectivity index (χ3v) is 3.83. The van der Waals surface area contributed by atoms with Crippen LogP contribution in [0.5, 0.6) is 0 Å². The Morgan fingerprint density at radius 2 is 1.71 bits per heavy atom. The number of nitrogens with one attached hydrogen (secondary N) is 1. The van der Waals surface area contributed by atoms with Crippen LogP contribution in [-0.4, -0.2) is 46.9 Å². The lowest BCUT2D eigenvalue weighted by atomic mass is 10.1. The van der Waals surface area contributed by atoms with Gasteiger partial charge in [0.25, 0.3) is 0 Å². The molecule has 2 amide bonds. The summed E-state index contributed by atoms with van der Waals surface area (Å²) in [7, 11) is 0. The molecular weight excluding hydrogens is 308 g/mol. The standard InChI is InChI=1S/C18H26N2O4/c1-3-20(4-2)17(22)12-8-11-16(21)19-15(18(23)24)13-14-9-6-5-7-10-14/h5-7,9-10,15H,3-4,8,11-13H2,1-2H3,(H,19,21)(H,23,24)/t15-/m0/s1. The predicted octanol–water partition coefficient (Wildman–Crippen LogP) is 1.84. The molecule has 0 heterocycles. The van der Waals surface area contributed by atoms with Crippen LogP contribution in [-0.2, 0) is 20.8 Å². The Hall–Kier alpha value is -2.37. The summed E-state index contributed by atoms with van der Waals surface area (Å²) < 4.78 is 0. The lowest BCUT2D eigenvalue weighted by molar-refractivity contribution is -0.142. The minimum atomic E-state index is -1.06. The largest absolute Gasteiger partial charge is 0.480 e. The first-order valence-electron chi connectivity index (χ1n) is 8.31. The van der Waals surface area contributed by atoms with Gasteiger partial charge < -0.3 is 15.3 Å². The molecule has 0 aliphatic rings. The Kier molecular flexibility index (Phi) is 8.54. The van der Waals surface area contributed by atoms with E-state index < -0.39 is 12.0 Å². The number of amides is 2. The van der Waals surface area contributed by atoms with Gasteiger partial charge in [-0.15, -0.1) is 0 Å². The van der Waals surface area contributed by atoms with Crippen molar-refractivity contribution < 1.29 is 19.5 Å². The van der Waals surface area contributed by atoms with Gasteiger partial charge in [0.2, 0.25) is 11.8 Å². The summed E-state index contributed by atoms with van der Waals surface area (Å²) in [6, 6.07) is 8.20. The molecule has 0 spiro atoms. The molecule has 1 aromatic carbocycles. The van der Waals surface area contributed by atoms with Crippen molar-refractivity contribution in [1.82, 2.24) is 10.2 Å². The molecule has 0 saturated heterocycles. The van der Waals surface area contributed by atoms with Gasteiger partial charge >= 0.3 is 5.97 Å². The highest BCUT2D eigenvalue weighted by Crippen LogP contribution is 2.05. The molecule has 0 fully saturated rings. The number of benzene rings is 1. The number of hydrogen-bond acceptors (Lipinski definition) is 3. The van der Waals surface area contributed by atoms with E-state index in [0.29, 0.717) is 25.9 Å². The summed E-state index contributed by atoms with van der Waals surface area (Å²) in [5, 5.41) is 11.8. The van der Waals surface area contributed by atoms with Crippen LogP contribution in [0.3, 0.4) is 0 Å². The fourth-order valence-electron chi connectivity index (χ4n) is 2.45. The van der Waals surface area contributed by atoms with E-state index in [9.17, 15) is 19.5 Å². The maximum absolute atomic E-state index is 11.9. The van der Waals surface area contributed by atoms with Crippen LogP contribution < -0.4 is 5.32 Å². The quantitative estimate of drug-likeness (QED) is 0.683. The van der Waals surface area contributed by atoms with Crippen LogP contribution >= 0.6 is 0 Å². The molecular formula is C18H26N2O4. The second-order valence-corrected chi connectivity index (χ2v) is 5.57. The molecule has 132 valence electrons. The van der Waals surface area contributed by atoms with E-state index in [4.69, 9.17) is 0 Å². The molecule has 1 aromatic rings. The maximum Gasteiger partial charge on any atom is 0.326 e. The zero-order chi connectivity index (χ0) is 17.9. The molecule has 0 bridgehead atoms. The van der Waals surface area contributed by atoms with E-state index in [1.54, 1.807) is 4.90 Å². The number of carbonyl (C=O) groups is 3. The van der Waals surface area contributed by atoms with E-state index in [0.717, 1.165) is 5.56 Å². The Morgan fingerprint density at radius 1 is 1.08 bits per heavy atom. The molecule has 6 nitrogen and oxygen atoms in total. The van der Waals surface area contributed by atoms with Crippen molar-refractivity contribution in [3.63, 3.8) is 0 Å². The molecule has 0 radical (unpaired) electrons. The summed E-state index contributed by atoms with van der Waals surface area (Å²) in [5.41, 5.74) is 0.849. The summed E-state index contributed by atoms with van der Waals surface area (Å²) in [6.07, 6.45) is 1.09. The first-order valence-corrected chi connectivity index (χ1v) is 8.31. The van der Waals surface area contributed by atoms with Crippen molar-refractivity contribution in [2.45, 2.75) is 45.6 Å². The van der Waals surface area contributed by atoms with E-state index in [-0.39, 0.29) is 24.7 Å². The van der Waals surface area contributed by atoms with Gasteiger partial charge in [-0.25, -0.2) is 4.79 Å². The number of carboxylic acid groups (broad SMARTS) is 1. The topological polar surface area (TPSA) is 86.7 Å². The third kappa shape index (κ3) is 6.81. The van der Waals surface area contributed by atoms with Crippen LogP contribution in [0.15, 0.2) is 30.3 Å². The summed E-state index contributed by atoms with van der Waals surface area (Å²) >= 11 is 0. The maximum atomic E-state index is 11.9. The summed E-state index contributed by atoms with van der Waals surface area (Å²) in [6.45, 7) is 5.13. The Balaban J connectivity index is 2.43. The van der Waals surface area contributed by atoms with Gasteiger partial charge in [0.05, 0.1) is 0 Å². The molecule has 2 N–H and O–H groups in total. The SMILES string of the molecule is CCN(CC)C(=O)CCCC(=O)N[C@@H](Cc1ccccc1)C(=O)O. The molecule has 0 aliphatic carbocycles. The van der Waals surface area contributed by atoms with Crippen molar-refractivity contribution in [3.8, 4) is 0 Å². The van der Waals surface area contributed by atoms with Gasteiger partial charge in [0, 0.05) is 32.4 Å².